The van der Waals surface area contributed by atoms with E-state index in [0.717, 1.165) is 0 Å². The second-order valence-electron chi connectivity index (χ2n) is 3.28. The number of thioether (sulfide) groups is 1. The summed E-state index contributed by atoms with van der Waals surface area (Å²) in [5.41, 5.74) is 5.96. The van der Waals surface area contributed by atoms with E-state index in [4.69, 9.17) is 12.2 Å². The van der Waals surface area contributed by atoms with Crippen molar-refractivity contribution in [1.82, 2.24) is 0 Å². The van der Waals surface area contributed by atoms with E-state index >= 15 is 0 Å². The Labute approximate surface area is 73.1 Å². The van der Waals surface area contributed by atoms with E-state index in [-0.39, 0.29) is 10.8 Å². The van der Waals surface area contributed by atoms with Crippen LogP contribution in [0.3, 0.4) is 0 Å². The maximum Gasteiger partial charge on any atom is 0.0296 e. The van der Waals surface area contributed by atoms with Gasteiger partial charge in [-0.3, -0.25) is 0 Å². The molecule has 0 aromatic heterocycles. The van der Waals surface area contributed by atoms with Gasteiger partial charge in [0.25, 0.3) is 0 Å². The molecule has 0 radical (unpaired) electrons. The van der Waals surface area contributed by atoms with Crippen LogP contribution in [0.1, 0.15) is 26.2 Å². The summed E-state index contributed by atoms with van der Waals surface area (Å²) in [5, 5.41) is 0. The summed E-state index contributed by atoms with van der Waals surface area (Å²) in [4.78, 5) is 0. The molecule has 0 amide bonds. The average molecular weight is 169 g/mol. The van der Waals surface area contributed by atoms with Gasteiger partial charge in [0.1, 0.15) is 0 Å². The smallest absolute Gasteiger partial charge is 0.0296 e. The maximum absolute atomic E-state index is 5.96. The summed E-state index contributed by atoms with van der Waals surface area (Å²) in [6.07, 6.45) is 8.44. The number of terminal acetylenes is 1. The van der Waals surface area contributed by atoms with Crippen LogP contribution in [0, 0.1) is 12.3 Å². The molecule has 1 aliphatic rings. The summed E-state index contributed by atoms with van der Waals surface area (Å²) < 4.78 is 0.256. The van der Waals surface area contributed by atoms with Crippen LogP contribution in [0.15, 0.2) is 0 Å². The van der Waals surface area contributed by atoms with Crippen molar-refractivity contribution in [2.24, 2.45) is 5.73 Å². The predicted molar refractivity (Wildman–Crippen MR) is 51.5 cm³/mol. The molecule has 0 spiro atoms. The Morgan fingerprint density at radius 2 is 2.55 bits per heavy atom. The van der Waals surface area contributed by atoms with Crippen molar-refractivity contribution >= 4 is 11.8 Å². The van der Waals surface area contributed by atoms with Gasteiger partial charge in [-0.15, -0.1) is 12.3 Å². The fourth-order valence-electron chi connectivity index (χ4n) is 1.44. The Balaban J connectivity index is 2.50. The van der Waals surface area contributed by atoms with Crippen molar-refractivity contribution in [3.05, 3.63) is 0 Å². The normalized spacial score (nSPS) is 33.2. The zero-order valence-corrected chi connectivity index (χ0v) is 7.79. The summed E-state index contributed by atoms with van der Waals surface area (Å²) in [6.45, 7) is 2.23. The largest absolute Gasteiger partial charge is 0.326 e. The van der Waals surface area contributed by atoms with Gasteiger partial charge in [-0.1, -0.05) is 0 Å². The molecule has 1 nitrogen and oxygen atoms in total. The fraction of sp³-hybridized carbons (Fsp3) is 0.778. The number of nitrogens with two attached hydrogens (primary N) is 1. The Kier molecular flexibility index (Phi) is 2.86. The van der Waals surface area contributed by atoms with Crippen molar-refractivity contribution in [1.29, 1.82) is 0 Å². The number of hydrogen-bond donors (Lipinski definition) is 1. The Hall–Kier alpha value is -0.130. The van der Waals surface area contributed by atoms with Crippen LogP contribution < -0.4 is 5.73 Å². The van der Waals surface area contributed by atoms with Crippen LogP contribution in [0.25, 0.3) is 0 Å². The molecule has 0 aromatic carbocycles. The van der Waals surface area contributed by atoms with Crippen molar-refractivity contribution in [2.45, 2.75) is 37.0 Å². The molecule has 2 N–H and O–H groups in total. The first-order valence-electron chi connectivity index (χ1n) is 4.02. The number of hydrogen-bond acceptors (Lipinski definition) is 2. The van der Waals surface area contributed by atoms with Gasteiger partial charge in [0.2, 0.25) is 0 Å². The first-order chi connectivity index (χ1) is 5.19. The third-order valence-electron chi connectivity index (χ3n) is 2.37. The van der Waals surface area contributed by atoms with Gasteiger partial charge in [-0.25, -0.2) is 0 Å². The lowest BCUT2D eigenvalue weighted by Gasteiger charge is -2.28. The molecule has 2 heteroatoms. The second kappa shape index (κ2) is 3.51. The summed E-state index contributed by atoms with van der Waals surface area (Å²) in [7, 11) is 0. The molecule has 2 unspecified atom stereocenters. The zero-order valence-electron chi connectivity index (χ0n) is 6.97. The number of rotatable bonds is 2. The van der Waals surface area contributed by atoms with E-state index in [0.29, 0.717) is 6.42 Å². The van der Waals surface area contributed by atoms with Crippen LogP contribution in [-0.4, -0.2) is 16.5 Å². The minimum absolute atomic E-state index is 0.181. The highest BCUT2D eigenvalue weighted by atomic mass is 32.2. The van der Waals surface area contributed by atoms with E-state index in [1.165, 1.54) is 18.6 Å². The third kappa shape index (κ3) is 1.91. The molecule has 1 saturated heterocycles. The molecule has 1 heterocycles. The topological polar surface area (TPSA) is 26.0 Å². The SMILES string of the molecule is C#CCC(N)C1(C)CCCS1. The molecule has 0 saturated carbocycles. The van der Waals surface area contributed by atoms with E-state index < -0.39 is 0 Å². The molecular formula is C9H15NS. The van der Waals surface area contributed by atoms with Gasteiger partial charge in [0.15, 0.2) is 0 Å². The Morgan fingerprint density at radius 1 is 1.82 bits per heavy atom. The van der Waals surface area contributed by atoms with Gasteiger partial charge in [0.05, 0.1) is 0 Å². The lowest BCUT2D eigenvalue weighted by atomic mass is 9.95. The molecule has 11 heavy (non-hydrogen) atoms. The monoisotopic (exact) mass is 169 g/mol. The van der Waals surface area contributed by atoms with E-state index in [1.54, 1.807) is 0 Å². The molecule has 0 aromatic rings. The van der Waals surface area contributed by atoms with Crippen LogP contribution in [0.4, 0.5) is 0 Å². The van der Waals surface area contributed by atoms with E-state index in [2.05, 4.69) is 12.8 Å². The molecule has 1 fully saturated rings. The Bertz CT molecular complexity index is 165. The molecule has 2 atom stereocenters. The van der Waals surface area contributed by atoms with Gasteiger partial charge in [-0.2, -0.15) is 11.8 Å². The van der Waals surface area contributed by atoms with Gasteiger partial charge >= 0.3 is 0 Å². The first kappa shape index (κ1) is 8.96. The highest BCUT2D eigenvalue weighted by Crippen LogP contribution is 2.40. The van der Waals surface area contributed by atoms with E-state index in [9.17, 15) is 0 Å². The molecule has 0 aliphatic carbocycles. The first-order valence-corrected chi connectivity index (χ1v) is 5.00. The Morgan fingerprint density at radius 3 is 3.00 bits per heavy atom. The minimum Gasteiger partial charge on any atom is -0.326 e. The van der Waals surface area contributed by atoms with E-state index in [1.807, 2.05) is 11.8 Å². The van der Waals surface area contributed by atoms with Gasteiger partial charge < -0.3 is 5.73 Å². The standard InChI is InChI=1S/C9H15NS/c1-3-5-8(10)9(2)6-4-7-11-9/h1,8H,4-7,10H2,2H3. The second-order valence-corrected chi connectivity index (χ2v) is 4.91. The highest BCUT2D eigenvalue weighted by molar-refractivity contribution is 8.00. The summed E-state index contributed by atoms with van der Waals surface area (Å²) in [5.74, 6) is 3.88. The van der Waals surface area contributed by atoms with Crippen LogP contribution in [-0.2, 0) is 0 Å². The van der Waals surface area contributed by atoms with Crippen molar-refractivity contribution < 1.29 is 0 Å². The highest BCUT2D eigenvalue weighted by Gasteiger charge is 2.34. The lowest BCUT2D eigenvalue weighted by molar-refractivity contribution is 0.492. The quantitative estimate of drug-likeness (QED) is 0.636. The summed E-state index contributed by atoms with van der Waals surface area (Å²) >= 11 is 1.97. The van der Waals surface area contributed by atoms with Crippen LogP contribution >= 0.6 is 11.8 Å². The maximum atomic E-state index is 5.96. The van der Waals surface area contributed by atoms with Gasteiger partial charge in [0, 0.05) is 17.2 Å². The zero-order chi connectivity index (χ0) is 8.32. The predicted octanol–water partition coefficient (Wildman–Crippen LogP) is 1.62. The minimum atomic E-state index is 0.181. The third-order valence-corrected chi connectivity index (χ3v) is 4.03. The van der Waals surface area contributed by atoms with Crippen molar-refractivity contribution in [3.63, 3.8) is 0 Å². The molecule has 0 bridgehead atoms. The molecule has 1 aliphatic heterocycles. The average Bonchev–Trinajstić information content (AvgIpc) is 2.38. The molecular weight excluding hydrogens is 154 g/mol. The fourth-order valence-corrected chi connectivity index (χ4v) is 2.78. The lowest BCUT2D eigenvalue weighted by Crippen LogP contribution is -2.40. The molecule has 1 rings (SSSR count). The molecule has 62 valence electrons. The van der Waals surface area contributed by atoms with Crippen LogP contribution in [0.2, 0.25) is 0 Å². The van der Waals surface area contributed by atoms with Gasteiger partial charge in [-0.05, 0) is 25.5 Å². The van der Waals surface area contributed by atoms with Crippen molar-refractivity contribution in [2.75, 3.05) is 5.75 Å². The van der Waals surface area contributed by atoms with Crippen molar-refractivity contribution in [3.8, 4) is 12.3 Å². The summed E-state index contributed by atoms with van der Waals surface area (Å²) in [6, 6.07) is 0.181. The van der Waals surface area contributed by atoms with Crippen LogP contribution in [0.5, 0.6) is 0 Å².